The molecule has 2 aromatic rings. The Bertz CT molecular complexity index is 885. The van der Waals surface area contributed by atoms with Gasteiger partial charge in [0.25, 0.3) is 0 Å². The molecular weight excluding hydrogens is 350 g/mol. The van der Waals surface area contributed by atoms with Crippen LogP contribution in [0.4, 0.5) is 0 Å². The van der Waals surface area contributed by atoms with Crippen LogP contribution in [0.2, 0.25) is 0 Å². The molecule has 1 heterocycles. The first-order valence-electron chi connectivity index (χ1n) is 8.45. The fourth-order valence-electron chi connectivity index (χ4n) is 3.43. The highest BCUT2D eigenvalue weighted by molar-refractivity contribution is 8.23. The Balaban J connectivity index is 1.71. The highest BCUT2D eigenvalue weighted by Gasteiger charge is 2.31. The van der Waals surface area contributed by atoms with E-state index in [0.29, 0.717) is 22.3 Å². The number of hydrogen-bond acceptors (Lipinski definition) is 4. The molecule has 0 amide bonds. The maximum absolute atomic E-state index is 13.0. The van der Waals surface area contributed by atoms with Gasteiger partial charge in [0.15, 0.2) is 11.6 Å². The van der Waals surface area contributed by atoms with Crippen molar-refractivity contribution in [2.45, 2.75) is 24.2 Å². The third kappa shape index (κ3) is 2.92. The molecule has 0 N–H and O–H groups in total. The van der Waals surface area contributed by atoms with E-state index in [2.05, 4.69) is 4.90 Å². The largest absolute Gasteiger partial charge is 0.357 e. The van der Waals surface area contributed by atoms with Crippen LogP contribution in [0.1, 0.15) is 51.1 Å². The molecule has 4 rings (SSSR count). The third-order valence-electron chi connectivity index (χ3n) is 4.73. The number of carbonyl (C=O) groups is 2. The topological polar surface area (TPSA) is 37.4 Å². The van der Waals surface area contributed by atoms with E-state index in [1.54, 1.807) is 30.3 Å². The van der Waals surface area contributed by atoms with Gasteiger partial charge in [-0.2, -0.15) is 0 Å². The lowest BCUT2D eigenvalue weighted by atomic mass is 9.84. The van der Waals surface area contributed by atoms with Crippen LogP contribution in [-0.2, 0) is 0 Å². The van der Waals surface area contributed by atoms with Crippen LogP contribution in [-0.4, -0.2) is 33.9 Å². The quantitative estimate of drug-likeness (QED) is 0.473. The van der Waals surface area contributed by atoms with E-state index in [1.807, 2.05) is 12.1 Å². The van der Waals surface area contributed by atoms with E-state index < -0.39 is 0 Å². The molecule has 2 aliphatic rings. The molecule has 0 aromatic heterocycles. The van der Waals surface area contributed by atoms with Crippen molar-refractivity contribution in [2.24, 2.45) is 0 Å². The molecule has 0 atom stereocenters. The second kappa shape index (κ2) is 6.73. The van der Waals surface area contributed by atoms with Crippen LogP contribution in [0.3, 0.4) is 0 Å². The number of carbonyl (C=O) groups excluding carboxylic acids is 2. The summed E-state index contributed by atoms with van der Waals surface area (Å²) in [4.78, 5) is 28.8. The predicted octanol–water partition coefficient (Wildman–Crippen LogP) is 4.32. The molecule has 1 saturated heterocycles. The number of hydrogen-bond donors (Lipinski definition) is 0. The molecule has 3 nitrogen and oxygen atoms in total. The summed E-state index contributed by atoms with van der Waals surface area (Å²) in [5, 5.41) is 0. The van der Waals surface area contributed by atoms with E-state index in [9.17, 15) is 9.59 Å². The maximum atomic E-state index is 13.0. The average Bonchev–Trinajstić information content (AvgIpc) is 2.66. The van der Waals surface area contributed by atoms with Gasteiger partial charge in [-0.25, -0.2) is 0 Å². The number of fused-ring (bicyclic) bond motifs is 2. The monoisotopic (exact) mass is 367 g/mol. The van der Waals surface area contributed by atoms with E-state index in [0.717, 1.165) is 35.1 Å². The van der Waals surface area contributed by atoms with Gasteiger partial charge in [-0.15, -0.1) is 0 Å². The molecule has 126 valence electrons. The Labute approximate surface area is 156 Å². The summed E-state index contributed by atoms with van der Waals surface area (Å²) in [6, 6.07) is 12.5. The summed E-state index contributed by atoms with van der Waals surface area (Å²) in [5.41, 5.74) is 1.95. The van der Waals surface area contributed by atoms with Crippen LogP contribution >= 0.6 is 24.0 Å². The van der Waals surface area contributed by atoms with Crippen molar-refractivity contribution >= 4 is 39.9 Å². The average molecular weight is 367 g/mol. The molecule has 1 aliphatic carbocycles. The summed E-state index contributed by atoms with van der Waals surface area (Å²) < 4.78 is 0.784. The van der Waals surface area contributed by atoms with E-state index in [1.165, 1.54) is 18.2 Å². The lowest BCUT2D eigenvalue weighted by Crippen LogP contribution is -2.32. The minimum Gasteiger partial charge on any atom is -0.357 e. The minimum absolute atomic E-state index is 0.0865. The summed E-state index contributed by atoms with van der Waals surface area (Å²) >= 11 is 7.03. The van der Waals surface area contributed by atoms with Crippen molar-refractivity contribution < 1.29 is 9.59 Å². The zero-order chi connectivity index (χ0) is 17.4. The number of thiocarbonyl (C=S) groups is 1. The number of ketones is 2. The van der Waals surface area contributed by atoms with E-state index in [4.69, 9.17) is 12.2 Å². The molecule has 0 bridgehead atoms. The molecule has 0 saturated carbocycles. The standard InChI is InChI=1S/C20H17NO2S2/c22-18-13-7-2-3-8-14(13)19(23)17-15(18)9-6-10-16(17)25-20(24)21-11-4-1-5-12-21/h2-3,6-10H,1,4-5,11-12H2. The SMILES string of the molecule is O=C1c2ccccc2C(=O)c2c(SC(=S)N3CCCCC3)cccc21. The van der Waals surface area contributed by atoms with Gasteiger partial charge >= 0.3 is 0 Å². The van der Waals surface area contributed by atoms with Crippen molar-refractivity contribution in [2.75, 3.05) is 13.1 Å². The van der Waals surface area contributed by atoms with Crippen LogP contribution in [0, 0.1) is 0 Å². The molecule has 5 heteroatoms. The second-order valence-corrected chi connectivity index (χ2v) is 7.97. The molecule has 25 heavy (non-hydrogen) atoms. The Hall–Kier alpha value is -1.98. The first-order valence-corrected chi connectivity index (χ1v) is 9.67. The fourth-order valence-corrected chi connectivity index (χ4v) is 4.84. The summed E-state index contributed by atoms with van der Waals surface area (Å²) in [5.74, 6) is -0.175. The van der Waals surface area contributed by atoms with Gasteiger partial charge < -0.3 is 4.90 Å². The highest BCUT2D eigenvalue weighted by Crippen LogP contribution is 2.35. The second-order valence-electron chi connectivity index (χ2n) is 6.30. The number of thioether (sulfide) groups is 1. The summed E-state index contributed by atoms with van der Waals surface area (Å²) in [6.07, 6.45) is 3.55. The number of benzene rings is 2. The predicted molar refractivity (Wildman–Crippen MR) is 104 cm³/mol. The number of likely N-dealkylation sites (tertiary alicyclic amines) is 1. The molecule has 0 unspecified atom stereocenters. The van der Waals surface area contributed by atoms with Crippen molar-refractivity contribution in [3.05, 3.63) is 64.7 Å². The van der Waals surface area contributed by atoms with Crippen molar-refractivity contribution in [1.82, 2.24) is 4.90 Å². The lowest BCUT2D eigenvalue weighted by molar-refractivity contribution is 0.0977. The smallest absolute Gasteiger partial charge is 0.195 e. The lowest BCUT2D eigenvalue weighted by Gasteiger charge is -2.29. The summed E-state index contributed by atoms with van der Waals surface area (Å²) in [7, 11) is 0. The Morgan fingerprint density at radius 2 is 1.48 bits per heavy atom. The molecule has 0 spiro atoms. The normalized spacial score (nSPS) is 16.4. The van der Waals surface area contributed by atoms with Gasteiger partial charge in [0.05, 0.1) is 0 Å². The van der Waals surface area contributed by atoms with Gasteiger partial charge in [-0.1, -0.05) is 60.4 Å². The van der Waals surface area contributed by atoms with Crippen molar-refractivity contribution in [1.29, 1.82) is 0 Å². The van der Waals surface area contributed by atoms with E-state index >= 15 is 0 Å². The molecular formula is C20H17NO2S2. The zero-order valence-corrected chi connectivity index (χ0v) is 15.3. The Morgan fingerprint density at radius 1 is 0.840 bits per heavy atom. The van der Waals surface area contributed by atoms with Gasteiger partial charge in [0.1, 0.15) is 4.32 Å². The van der Waals surface area contributed by atoms with Gasteiger partial charge in [-0.05, 0) is 25.3 Å². The third-order valence-corrected chi connectivity index (χ3v) is 6.23. The zero-order valence-electron chi connectivity index (χ0n) is 13.7. The first kappa shape index (κ1) is 16.5. The fraction of sp³-hybridized carbons (Fsp3) is 0.250. The Kier molecular flexibility index (Phi) is 4.44. The highest BCUT2D eigenvalue weighted by atomic mass is 32.2. The van der Waals surface area contributed by atoms with Gasteiger partial charge in [-0.3, -0.25) is 9.59 Å². The molecule has 1 fully saturated rings. The van der Waals surface area contributed by atoms with Crippen molar-refractivity contribution in [3.63, 3.8) is 0 Å². The Morgan fingerprint density at radius 3 is 2.20 bits per heavy atom. The molecule has 2 aromatic carbocycles. The number of piperidine rings is 1. The van der Waals surface area contributed by atoms with Crippen LogP contribution < -0.4 is 0 Å². The number of nitrogens with zero attached hydrogens (tertiary/aromatic N) is 1. The van der Waals surface area contributed by atoms with Crippen LogP contribution in [0.5, 0.6) is 0 Å². The van der Waals surface area contributed by atoms with Gasteiger partial charge in [0, 0.05) is 40.2 Å². The minimum atomic E-state index is -0.0882. The molecule has 0 radical (unpaired) electrons. The van der Waals surface area contributed by atoms with Crippen LogP contribution in [0.25, 0.3) is 0 Å². The van der Waals surface area contributed by atoms with Crippen LogP contribution in [0.15, 0.2) is 47.4 Å². The van der Waals surface area contributed by atoms with E-state index in [-0.39, 0.29) is 11.6 Å². The summed E-state index contributed by atoms with van der Waals surface area (Å²) in [6.45, 7) is 1.94. The molecule has 1 aliphatic heterocycles. The maximum Gasteiger partial charge on any atom is 0.195 e. The number of rotatable bonds is 1. The first-order chi connectivity index (χ1) is 12.2. The van der Waals surface area contributed by atoms with Crippen molar-refractivity contribution in [3.8, 4) is 0 Å². The van der Waals surface area contributed by atoms with Gasteiger partial charge in [0.2, 0.25) is 0 Å².